The van der Waals surface area contributed by atoms with Crippen LogP contribution >= 0.6 is 0 Å². The molecule has 0 atom stereocenters. The van der Waals surface area contributed by atoms with Crippen molar-refractivity contribution in [2.24, 2.45) is 0 Å². The molecular weight excluding hydrogens is 356 g/mol. The quantitative estimate of drug-likeness (QED) is 0.614. The van der Waals surface area contributed by atoms with E-state index in [0.29, 0.717) is 23.4 Å². The van der Waals surface area contributed by atoms with Gasteiger partial charge in [-0.25, -0.2) is 0 Å². The molecule has 144 valence electrons. The zero-order valence-electron chi connectivity index (χ0n) is 15.6. The monoisotopic (exact) mass is 378 g/mol. The summed E-state index contributed by atoms with van der Waals surface area (Å²) in [5.74, 6) is -0.473. The Kier molecular flexibility index (Phi) is 5.10. The van der Waals surface area contributed by atoms with Gasteiger partial charge in [0.1, 0.15) is 5.76 Å². The summed E-state index contributed by atoms with van der Waals surface area (Å²) < 4.78 is 5.23. The van der Waals surface area contributed by atoms with Gasteiger partial charge in [0.2, 0.25) is 0 Å². The van der Waals surface area contributed by atoms with Crippen LogP contribution in [0.5, 0.6) is 0 Å². The molecule has 2 aliphatic rings. The number of amides is 3. The van der Waals surface area contributed by atoms with Crippen LogP contribution in [0, 0.1) is 0 Å². The first kappa shape index (κ1) is 18.2. The number of nitrogens with one attached hydrogen (secondary N) is 1. The molecule has 0 unspecified atom stereocenters. The number of carbonyl (C=O) groups excluding carboxylic acids is 3. The van der Waals surface area contributed by atoms with Crippen LogP contribution < -0.4 is 5.32 Å². The van der Waals surface area contributed by atoms with Crippen molar-refractivity contribution in [3.05, 3.63) is 70.7 Å². The van der Waals surface area contributed by atoms with E-state index in [9.17, 15) is 14.4 Å². The number of allylic oxidation sites excluding steroid dienone is 1. The van der Waals surface area contributed by atoms with Crippen molar-refractivity contribution in [3.8, 4) is 0 Å². The van der Waals surface area contributed by atoms with Crippen LogP contribution in [0.25, 0.3) is 0 Å². The summed E-state index contributed by atoms with van der Waals surface area (Å²) in [6.07, 6.45) is 9.31. The third kappa shape index (κ3) is 3.63. The van der Waals surface area contributed by atoms with E-state index in [1.807, 2.05) is 0 Å². The summed E-state index contributed by atoms with van der Waals surface area (Å²) in [4.78, 5) is 38.8. The summed E-state index contributed by atoms with van der Waals surface area (Å²) in [6.45, 7) is 0.648. The zero-order valence-corrected chi connectivity index (χ0v) is 15.6. The Morgan fingerprint density at radius 3 is 2.71 bits per heavy atom. The highest BCUT2D eigenvalue weighted by atomic mass is 16.3. The van der Waals surface area contributed by atoms with Gasteiger partial charge >= 0.3 is 0 Å². The van der Waals surface area contributed by atoms with Gasteiger partial charge in [-0.3, -0.25) is 19.3 Å². The van der Waals surface area contributed by atoms with Gasteiger partial charge in [0, 0.05) is 12.1 Å². The summed E-state index contributed by atoms with van der Waals surface area (Å²) in [6, 6.07) is 8.07. The number of furan rings is 1. The van der Waals surface area contributed by atoms with Crippen molar-refractivity contribution in [1.29, 1.82) is 0 Å². The predicted molar refractivity (Wildman–Crippen MR) is 103 cm³/mol. The van der Waals surface area contributed by atoms with Crippen molar-refractivity contribution < 1.29 is 18.8 Å². The lowest BCUT2D eigenvalue weighted by Gasteiger charge is -2.13. The second kappa shape index (κ2) is 7.84. The van der Waals surface area contributed by atoms with Crippen LogP contribution in [0.3, 0.4) is 0 Å². The molecule has 1 aliphatic carbocycles. The standard InChI is InChI=1S/C22H22N2O4/c25-20(23-11-10-15-5-2-1-3-6-15)16-8-9-18-19(13-16)22(27)24(21(18)26)14-17-7-4-12-28-17/h4-5,7-9,12-13H,1-3,6,10-11,14H2,(H,23,25). The van der Waals surface area contributed by atoms with Gasteiger partial charge in [-0.05, 0) is 62.4 Å². The van der Waals surface area contributed by atoms with Gasteiger partial charge in [0.25, 0.3) is 17.7 Å². The fraction of sp³-hybridized carbons (Fsp3) is 0.318. The lowest BCUT2D eigenvalue weighted by molar-refractivity contribution is 0.0631. The fourth-order valence-electron chi connectivity index (χ4n) is 3.70. The van der Waals surface area contributed by atoms with Crippen LogP contribution in [-0.4, -0.2) is 29.2 Å². The number of hydrogen-bond acceptors (Lipinski definition) is 4. The highest BCUT2D eigenvalue weighted by molar-refractivity contribution is 6.22. The van der Waals surface area contributed by atoms with E-state index in [4.69, 9.17) is 4.42 Å². The number of carbonyl (C=O) groups is 3. The molecule has 1 aliphatic heterocycles. The molecule has 0 saturated heterocycles. The number of rotatable bonds is 6. The first-order chi connectivity index (χ1) is 13.6. The number of hydrogen-bond donors (Lipinski definition) is 1. The van der Waals surface area contributed by atoms with Crippen molar-refractivity contribution >= 4 is 17.7 Å². The second-order valence-corrected chi connectivity index (χ2v) is 7.15. The van der Waals surface area contributed by atoms with Gasteiger partial charge in [-0.2, -0.15) is 0 Å². The molecule has 0 spiro atoms. The molecule has 6 heteroatoms. The highest BCUT2D eigenvalue weighted by Gasteiger charge is 2.36. The Balaban J connectivity index is 1.42. The third-order valence-corrected chi connectivity index (χ3v) is 5.24. The van der Waals surface area contributed by atoms with Gasteiger partial charge < -0.3 is 9.73 Å². The molecular formula is C22H22N2O4. The van der Waals surface area contributed by atoms with E-state index < -0.39 is 5.91 Å². The first-order valence-corrected chi connectivity index (χ1v) is 9.62. The normalized spacial score (nSPS) is 16.1. The molecule has 0 saturated carbocycles. The largest absolute Gasteiger partial charge is 0.467 e. The molecule has 2 aromatic rings. The average molecular weight is 378 g/mol. The van der Waals surface area contributed by atoms with Gasteiger partial charge in [0.15, 0.2) is 0 Å². The number of imide groups is 1. The molecule has 6 nitrogen and oxygen atoms in total. The molecule has 0 radical (unpaired) electrons. The van der Waals surface area contributed by atoms with E-state index in [0.717, 1.165) is 24.2 Å². The maximum absolute atomic E-state index is 12.7. The molecule has 1 aromatic heterocycles. The van der Waals surface area contributed by atoms with Crippen LogP contribution in [0.2, 0.25) is 0 Å². The van der Waals surface area contributed by atoms with Crippen LogP contribution in [0.1, 0.15) is 68.9 Å². The van der Waals surface area contributed by atoms with Crippen LogP contribution in [0.4, 0.5) is 0 Å². The molecule has 2 heterocycles. The minimum atomic E-state index is -0.404. The van der Waals surface area contributed by atoms with Crippen molar-refractivity contribution in [3.63, 3.8) is 0 Å². The first-order valence-electron chi connectivity index (χ1n) is 9.62. The number of nitrogens with zero attached hydrogens (tertiary/aromatic N) is 1. The Labute approximate surface area is 163 Å². The van der Waals surface area contributed by atoms with Crippen molar-refractivity contribution in [1.82, 2.24) is 10.2 Å². The Morgan fingerprint density at radius 2 is 1.96 bits per heavy atom. The lowest BCUT2D eigenvalue weighted by Crippen LogP contribution is -2.28. The Morgan fingerprint density at radius 1 is 1.11 bits per heavy atom. The predicted octanol–water partition coefficient (Wildman–Crippen LogP) is 3.70. The molecule has 1 aromatic carbocycles. The summed E-state index contributed by atoms with van der Waals surface area (Å²) >= 11 is 0. The average Bonchev–Trinajstić information content (AvgIpc) is 3.32. The molecule has 3 amide bonds. The van der Waals surface area contributed by atoms with Crippen molar-refractivity contribution in [2.45, 2.75) is 38.6 Å². The van der Waals surface area contributed by atoms with E-state index >= 15 is 0 Å². The maximum Gasteiger partial charge on any atom is 0.261 e. The molecule has 28 heavy (non-hydrogen) atoms. The summed E-state index contributed by atoms with van der Waals surface area (Å²) in [5, 5.41) is 2.91. The SMILES string of the molecule is O=C(NCCC1=CCCCC1)c1ccc2c(c1)C(=O)N(Cc1ccco1)C2=O. The Bertz CT molecular complexity index is 943. The topological polar surface area (TPSA) is 79.6 Å². The van der Waals surface area contributed by atoms with E-state index in [-0.39, 0.29) is 23.9 Å². The smallest absolute Gasteiger partial charge is 0.261 e. The van der Waals surface area contributed by atoms with Gasteiger partial charge in [0.05, 0.1) is 23.9 Å². The molecule has 4 rings (SSSR count). The van der Waals surface area contributed by atoms with Gasteiger partial charge in [-0.1, -0.05) is 11.6 Å². The molecule has 0 bridgehead atoms. The third-order valence-electron chi connectivity index (χ3n) is 5.24. The zero-order chi connectivity index (χ0) is 19.5. The highest BCUT2D eigenvalue weighted by Crippen LogP contribution is 2.26. The van der Waals surface area contributed by atoms with E-state index in [1.54, 1.807) is 24.3 Å². The minimum Gasteiger partial charge on any atom is -0.467 e. The Hall–Kier alpha value is -3.15. The minimum absolute atomic E-state index is 0.0794. The number of benzene rings is 1. The van der Waals surface area contributed by atoms with Crippen LogP contribution in [-0.2, 0) is 6.54 Å². The fourth-order valence-corrected chi connectivity index (χ4v) is 3.70. The number of fused-ring (bicyclic) bond motifs is 1. The summed E-state index contributed by atoms with van der Waals surface area (Å²) in [5.41, 5.74) is 2.37. The lowest BCUT2D eigenvalue weighted by atomic mass is 9.97. The second-order valence-electron chi connectivity index (χ2n) is 7.15. The van der Waals surface area contributed by atoms with Crippen LogP contribution in [0.15, 0.2) is 52.7 Å². The molecule has 1 N–H and O–H groups in total. The van der Waals surface area contributed by atoms with Crippen molar-refractivity contribution in [2.75, 3.05) is 6.54 Å². The summed E-state index contributed by atoms with van der Waals surface area (Å²) in [7, 11) is 0. The molecule has 0 fully saturated rings. The van der Waals surface area contributed by atoms with E-state index in [1.165, 1.54) is 30.7 Å². The van der Waals surface area contributed by atoms with E-state index in [2.05, 4.69) is 11.4 Å². The van der Waals surface area contributed by atoms with Gasteiger partial charge in [-0.15, -0.1) is 0 Å². The maximum atomic E-state index is 12.7.